The number of hydrogen-bond acceptors (Lipinski definition) is 4. The Morgan fingerprint density at radius 1 is 0.411 bits per heavy atom. The van der Waals surface area contributed by atoms with Crippen LogP contribution in [0.25, 0.3) is 38.8 Å². The molecule has 0 N–H and O–H groups in total. The van der Waals surface area contributed by atoms with Crippen molar-refractivity contribution in [3.8, 4) is 28.4 Å². The van der Waals surface area contributed by atoms with Gasteiger partial charge in [-0.25, -0.2) is 4.98 Å². The molecule has 5 nitrogen and oxygen atoms in total. The van der Waals surface area contributed by atoms with Crippen LogP contribution < -0.4 is 14.5 Å². The maximum atomic E-state index is 7.11. The van der Waals surface area contributed by atoms with Gasteiger partial charge in [0, 0.05) is 68.6 Å². The first kappa shape index (κ1) is 49.2. The van der Waals surface area contributed by atoms with E-state index in [1.807, 2.05) is 6.20 Å². The Morgan fingerprint density at radius 2 is 1.00 bits per heavy atom. The van der Waals surface area contributed by atoms with Crippen molar-refractivity contribution < 1.29 is 4.74 Å². The highest BCUT2D eigenvalue weighted by atomic mass is 16.5. The second-order valence-electron chi connectivity index (χ2n) is 24.4. The normalized spacial score (nSPS) is 13.8. The van der Waals surface area contributed by atoms with Gasteiger partial charge < -0.3 is 14.5 Å². The molecule has 3 heterocycles. The molecule has 0 saturated heterocycles. The van der Waals surface area contributed by atoms with Crippen LogP contribution in [0.15, 0.2) is 194 Å². The molecule has 0 spiro atoms. The Balaban J connectivity index is 1.07. The van der Waals surface area contributed by atoms with Crippen LogP contribution >= 0.6 is 0 Å². The zero-order valence-corrected chi connectivity index (χ0v) is 45.3. The van der Waals surface area contributed by atoms with E-state index in [1.165, 1.54) is 61.3 Å². The van der Waals surface area contributed by atoms with Crippen molar-refractivity contribution in [3.63, 3.8) is 0 Å². The minimum Gasteiger partial charge on any atom is -0.457 e. The maximum absolute atomic E-state index is 7.11. The van der Waals surface area contributed by atoms with Crippen LogP contribution in [0.1, 0.15) is 123 Å². The first-order valence-electron chi connectivity index (χ1n) is 26.0. The molecular formula is C68H72N4O. The van der Waals surface area contributed by atoms with E-state index in [9.17, 15) is 0 Å². The van der Waals surface area contributed by atoms with Gasteiger partial charge in [-0.3, -0.25) is 4.57 Å². The van der Waals surface area contributed by atoms with Crippen molar-refractivity contribution in [2.45, 2.75) is 112 Å². The average molecular weight is 961 g/mol. The number of anilines is 2. The molecule has 0 amide bonds. The Kier molecular flexibility index (Phi) is 12.3. The number of nitrogens with zero attached hydrogens (tertiary/aromatic N) is 4. The number of aromatic nitrogens is 2. The Hall–Kier alpha value is -7.37. The van der Waals surface area contributed by atoms with Gasteiger partial charge in [-0.2, -0.15) is 0 Å². The molecule has 0 saturated carbocycles. The lowest BCUT2D eigenvalue weighted by Crippen LogP contribution is -2.31. The number of hydrogen-bond donors (Lipinski definition) is 0. The molecule has 2 aromatic heterocycles. The largest absolute Gasteiger partial charge is 0.457 e. The van der Waals surface area contributed by atoms with Gasteiger partial charge in [0.15, 0.2) is 0 Å². The minimum atomic E-state index is -0.239. The van der Waals surface area contributed by atoms with E-state index in [2.05, 4.69) is 287 Å². The molecule has 10 rings (SSSR count). The summed E-state index contributed by atoms with van der Waals surface area (Å²) in [7, 11) is 0. The summed E-state index contributed by atoms with van der Waals surface area (Å²) in [6.07, 6.45) is 4.33. The SMILES string of the molecule is CC(C)(C)C1=CN(c2cc(C(C)(C)c3ccccc3)cc(C(C)(C)c3ccccc3)c2)CN1c1cc(Oc2ccc3c4cc(-c5ccccc5)ccc4n(-c4cc(C(C)(C)C)ccn4)c3c2)cc(C(C)(C)C)c1. The molecule has 1 aliphatic heterocycles. The topological polar surface area (TPSA) is 33.5 Å². The smallest absolute Gasteiger partial charge is 0.137 e. The highest BCUT2D eigenvalue weighted by Gasteiger charge is 2.35. The van der Waals surface area contributed by atoms with Crippen molar-refractivity contribution >= 4 is 33.2 Å². The van der Waals surface area contributed by atoms with Gasteiger partial charge >= 0.3 is 0 Å². The fourth-order valence-electron chi connectivity index (χ4n) is 10.5. The highest BCUT2D eigenvalue weighted by Crippen LogP contribution is 2.45. The van der Waals surface area contributed by atoms with Crippen molar-refractivity contribution in [1.82, 2.24) is 9.55 Å². The van der Waals surface area contributed by atoms with Crippen molar-refractivity contribution in [1.29, 1.82) is 0 Å². The van der Waals surface area contributed by atoms with Gasteiger partial charge in [-0.1, -0.05) is 193 Å². The van der Waals surface area contributed by atoms with E-state index >= 15 is 0 Å². The van der Waals surface area contributed by atoms with E-state index < -0.39 is 0 Å². The third-order valence-corrected chi connectivity index (χ3v) is 15.3. The summed E-state index contributed by atoms with van der Waals surface area (Å²) < 4.78 is 9.42. The summed E-state index contributed by atoms with van der Waals surface area (Å²) in [5, 5.41) is 2.32. The molecule has 0 radical (unpaired) electrons. The van der Waals surface area contributed by atoms with Crippen LogP contribution in [0, 0.1) is 5.41 Å². The molecule has 0 atom stereocenters. The van der Waals surface area contributed by atoms with E-state index in [-0.39, 0.29) is 27.1 Å². The lowest BCUT2D eigenvalue weighted by Gasteiger charge is -2.34. The van der Waals surface area contributed by atoms with Gasteiger partial charge in [0.1, 0.15) is 17.3 Å². The Labute approximate surface area is 434 Å². The van der Waals surface area contributed by atoms with Gasteiger partial charge in [0.2, 0.25) is 0 Å². The predicted octanol–water partition coefficient (Wildman–Crippen LogP) is 18.1. The average Bonchev–Trinajstić information content (AvgIpc) is 3.97. The lowest BCUT2D eigenvalue weighted by atomic mass is 9.73. The van der Waals surface area contributed by atoms with Gasteiger partial charge in [-0.15, -0.1) is 0 Å². The molecule has 73 heavy (non-hydrogen) atoms. The summed E-state index contributed by atoms with van der Waals surface area (Å²) in [4.78, 5) is 9.96. The lowest BCUT2D eigenvalue weighted by molar-refractivity contribution is 0.477. The number of benzene rings is 7. The fraction of sp³-hybridized carbons (Fsp3) is 0.279. The minimum absolute atomic E-state index is 0.0407. The Morgan fingerprint density at radius 3 is 1.59 bits per heavy atom. The number of allylic oxidation sites excluding steroid dienone is 1. The molecule has 0 unspecified atom stereocenters. The summed E-state index contributed by atoms with van der Waals surface area (Å²) in [5.41, 5.74) is 14.8. The number of rotatable bonds is 10. The predicted molar refractivity (Wildman–Crippen MR) is 309 cm³/mol. The van der Waals surface area contributed by atoms with Crippen molar-refractivity contribution in [2.24, 2.45) is 5.41 Å². The molecule has 0 fully saturated rings. The number of ether oxygens (including phenoxy) is 1. The van der Waals surface area contributed by atoms with Gasteiger partial charge in [-0.05, 0) is 116 Å². The zero-order valence-electron chi connectivity index (χ0n) is 45.3. The fourth-order valence-corrected chi connectivity index (χ4v) is 10.5. The monoisotopic (exact) mass is 961 g/mol. The van der Waals surface area contributed by atoms with E-state index in [4.69, 9.17) is 9.72 Å². The second kappa shape index (κ2) is 18.3. The first-order valence-corrected chi connectivity index (χ1v) is 26.0. The summed E-state index contributed by atoms with van der Waals surface area (Å²) in [6, 6.07) is 64.3. The first-order chi connectivity index (χ1) is 34.6. The molecule has 370 valence electrons. The summed E-state index contributed by atoms with van der Waals surface area (Å²) >= 11 is 0. The molecule has 9 aromatic rings. The summed E-state index contributed by atoms with van der Waals surface area (Å²) in [6.45, 7) is 30.7. The van der Waals surface area contributed by atoms with Gasteiger partial charge in [0.05, 0.1) is 17.7 Å². The highest BCUT2D eigenvalue weighted by molar-refractivity contribution is 6.10. The quantitative estimate of drug-likeness (QED) is 0.137. The molecular weight excluding hydrogens is 889 g/mol. The third kappa shape index (κ3) is 9.59. The summed E-state index contributed by atoms with van der Waals surface area (Å²) in [5.74, 6) is 2.46. The molecule has 7 aromatic carbocycles. The van der Waals surface area contributed by atoms with E-state index in [0.717, 1.165) is 39.4 Å². The van der Waals surface area contributed by atoms with Gasteiger partial charge in [0.25, 0.3) is 0 Å². The number of fused-ring (bicyclic) bond motifs is 3. The van der Waals surface area contributed by atoms with E-state index in [1.54, 1.807) is 0 Å². The van der Waals surface area contributed by atoms with Crippen molar-refractivity contribution in [3.05, 3.63) is 227 Å². The van der Waals surface area contributed by atoms with Crippen LogP contribution in [-0.4, -0.2) is 16.2 Å². The Bertz CT molecular complexity index is 3440. The third-order valence-electron chi connectivity index (χ3n) is 15.3. The number of pyridine rings is 1. The van der Waals surface area contributed by atoms with Crippen LogP contribution in [0.5, 0.6) is 11.5 Å². The van der Waals surface area contributed by atoms with E-state index in [0.29, 0.717) is 6.67 Å². The van der Waals surface area contributed by atoms with Crippen LogP contribution in [0.2, 0.25) is 0 Å². The molecule has 5 heteroatoms. The molecule has 0 aliphatic carbocycles. The van der Waals surface area contributed by atoms with Crippen LogP contribution in [0.3, 0.4) is 0 Å². The second-order valence-corrected chi connectivity index (χ2v) is 24.4. The van der Waals surface area contributed by atoms with Crippen LogP contribution in [-0.2, 0) is 21.7 Å². The van der Waals surface area contributed by atoms with Crippen LogP contribution in [0.4, 0.5) is 11.4 Å². The standard InChI is InChI=1S/C68H72N4O/c1-64(2,3)50-33-34-69-63(41-50)72-60-32-29-47(46-23-17-14-18-24-46)35-59(60)58-31-30-56(43-61(58)72)73-57-40-51(65(4,5)6)37-55(42-57)71-45-70(44-62(71)66(7,8)9)54-38-52(67(10,11)48-25-19-15-20-26-48)36-53(39-54)68(12,13)49-27-21-16-22-28-49/h14-44H,45H2,1-13H3. The van der Waals surface area contributed by atoms with Crippen molar-refractivity contribution in [2.75, 3.05) is 16.5 Å². The molecule has 0 bridgehead atoms. The zero-order chi connectivity index (χ0) is 51.7. The maximum Gasteiger partial charge on any atom is 0.137 e. The molecule has 1 aliphatic rings.